The number of rotatable bonds is 3. The maximum atomic E-state index is 12.2. The number of hydrogen-bond acceptors (Lipinski definition) is 2. The third-order valence-electron chi connectivity index (χ3n) is 3.76. The number of nitrogens with one attached hydrogen (secondary N) is 1. The van der Waals surface area contributed by atoms with Crippen LogP contribution < -0.4 is 5.32 Å². The first-order valence-electron chi connectivity index (χ1n) is 6.89. The number of anilines is 1. The maximum Gasteiger partial charge on any atom is 0.255 e. The summed E-state index contributed by atoms with van der Waals surface area (Å²) >= 11 is 0. The molecule has 1 amide bonds. The Kier molecular flexibility index (Phi) is 3.52. The third kappa shape index (κ3) is 2.58. The molecule has 0 unspecified atom stereocenters. The highest BCUT2D eigenvalue weighted by molar-refractivity contribution is 6.04. The molecule has 0 saturated carbocycles. The molecule has 2 N–H and O–H groups in total. The summed E-state index contributed by atoms with van der Waals surface area (Å²) in [5, 5.41) is 11.9. The van der Waals surface area contributed by atoms with E-state index < -0.39 is 0 Å². The molecule has 3 nitrogen and oxygen atoms in total. The molecule has 0 bridgehead atoms. The van der Waals surface area contributed by atoms with Gasteiger partial charge in [0.2, 0.25) is 0 Å². The first-order chi connectivity index (χ1) is 9.76. The molecule has 0 heterocycles. The summed E-state index contributed by atoms with van der Waals surface area (Å²) in [5.74, 6) is -0.0866. The molecule has 0 spiro atoms. The number of aliphatic hydroxyl groups excluding tert-OH is 1. The molecule has 102 valence electrons. The van der Waals surface area contributed by atoms with Crippen molar-refractivity contribution >= 4 is 11.6 Å². The van der Waals surface area contributed by atoms with Crippen LogP contribution in [0.3, 0.4) is 0 Å². The zero-order valence-electron chi connectivity index (χ0n) is 11.2. The average Bonchev–Trinajstić information content (AvgIpc) is 2.95. The molecule has 1 aliphatic rings. The molecule has 3 heteroatoms. The van der Waals surface area contributed by atoms with E-state index in [1.165, 1.54) is 17.5 Å². The minimum absolute atomic E-state index is 0.0129. The summed E-state index contributed by atoms with van der Waals surface area (Å²) in [6.45, 7) is 0.0129. The van der Waals surface area contributed by atoms with Gasteiger partial charge in [-0.25, -0.2) is 0 Å². The van der Waals surface area contributed by atoms with Crippen LogP contribution in [0.15, 0.2) is 42.5 Å². The van der Waals surface area contributed by atoms with Crippen LogP contribution in [-0.2, 0) is 19.4 Å². The smallest absolute Gasteiger partial charge is 0.255 e. The van der Waals surface area contributed by atoms with Crippen LogP contribution >= 0.6 is 0 Å². The van der Waals surface area contributed by atoms with E-state index in [9.17, 15) is 4.79 Å². The van der Waals surface area contributed by atoms with Crippen molar-refractivity contribution in [3.05, 3.63) is 64.7 Å². The van der Waals surface area contributed by atoms with E-state index in [0.29, 0.717) is 5.56 Å². The number of benzene rings is 2. The summed E-state index contributed by atoms with van der Waals surface area (Å²) in [4.78, 5) is 12.2. The summed E-state index contributed by atoms with van der Waals surface area (Å²) in [6.07, 6.45) is 3.38. The molecular weight excluding hydrogens is 250 g/mol. The predicted octanol–water partition coefficient (Wildman–Crippen LogP) is 2.92. The van der Waals surface area contributed by atoms with Crippen LogP contribution in [0.5, 0.6) is 0 Å². The molecular formula is C17H17NO2. The van der Waals surface area contributed by atoms with Gasteiger partial charge in [0.1, 0.15) is 0 Å². The molecule has 20 heavy (non-hydrogen) atoms. The van der Waals surface area contributed by atoms with Crippen LogP contribution in [0.1, 0.15) is 33.5 Å². The predicted molar refractivity (Wildman–Crippen MR) is 78.8 cm³/mol. The lowest BCUT2D eigenvalue weighted by atomic mass is 10.1. The van der Waals surface area contributed by atoms with Crippen molar-refractivity contribution in [2.24, 2.45) is 0 Å². The SMILES string of the molecule is O=C(Nc1ccc(CO)cc1)c1ccc2c(c1)CCC2. The molecule has 0 aliphatic heterocycles. The van der Waals surface area contributed by atoms with Crippen LogP contribution in [-0.4, -0.2) is 11.0 Å². The van der Waals surface area contributed by atoms with Gasteiger partial charge in [-0.1, -0.05) is 18.2 Å². The molecule has 3 rings (SSSR count). The number of hydrogen-bond donors (Lipinski definition) is 2. The van der Waals surface area contributed by atoms with Crippen molar-refractivity contribution in [1.82, 2.24) is 0 Å². The first-order valence-corrected chi connectivity index (χ1v) is 6.89. The van der Waals surface area contributed by atoms with Gasteiger partial charge in [0, 0.05) is 11.3 Å². The molecule has 2 aromatic carbocycles. The summed E-state index contributed by atoms with van der Waals surface area (Å²) in [7, 11) is 0. The van der Waals surface area contributed by atoms with E-state index >= 15 is 0 Å². The lowest BCUT2D eigenvalue weighted by molar-refractivity contribution is 0.102. The number of carbonyl (C=O) groups excluding carboxylic acids is 1. The lowest BCUT2D eigenvalue weighted by Crippen LogP contribution is -2.12. The number of aliphatic hydroxyl groups is 1. The molecule has 0 saturated heterocycles. The van der Waals surface area contributed by atoms with Crippen molar-refractivity contribution in [1.29, 1.82) is 0 Å². The highest BCUT2D eigenvalue weighted by atomic mass is 16.3. The number of aryl methyl sites for hydroxylation is 2. The van der Waals surface area contributed by atoms with Gasteiger partial charge >= 0.3 is 0 Å². The maximum absolute atomic E-state index is 12.2. The van der Waals surface area contributed by atoms with Crippen LogP contribution in [0.4, 0.5) is 5.69 Å². The fraction of sp³-hybridized carbons (Fsp3) is 0.235. The zero-order chi connectivity index (χ0) is 13.9. The Morgan fingerprint density at radius 3 is 2.55 bits per heavy atom. The van der Waals surface area contributed by atoms with E-state index in [0.717, 1.165) is 24.1 Å². The fourth-order valence-corrected chi connectivity index (χ4v) is 2.61. The fourth-order valence-electron chi connectivity index (χ4n) is 2.61. The topological polar surface area (TPSA) is 49.3 Å². The van der Waals surface area contributed by atoms with E-state index in [1.54, 1.807) is 24.3 Å². The Bertz CT molecular complexity index is 632. The number of amides is 1. The van der Waals surface area contributed by atoms with Crippen LogP contribution in [0.25, 0.3) is 0 Å². The van der Waals surface area contributed by atoms with E-state index in [-0.39, 0.29) is 12.5 Å². The van der Waals surface area contributed by atoms with Crippen LogP contribution in [0.2, 0.25) is 0 Å². The van der Waals surface area contributed by atoms with Gasteiger partial charge in [-0.05, 0) is 60.2 Å². The van der Waals surface area contributed by atoms with Crippen molar-refractivity contribution < 1.29 is 9.90 Å². The molecule has 2 aromatic rings. The third-order valence-corrected chi connectivity index (χ3v) is 3.76. The van der Waals surface area contributed by atoms with E-state index in [4.69, 9.17) is 5.11 Å². The molecule has 0 atom stereocenters. The van der Waals surface area contributed by atoms with Crippen molar-refractivity contribution in [3.8, 4) is 0 Å². The number of fused-ring (bicyclic) bond motifs is 1. The average molecular weight is 267 g/mol. The van der Waals surface area contributed by atoms with Crippen molar-refractivity contribution in [2.75, 3.05) is 5.32 Å². The minimum atomic E-state index is -0.0866. The monoisotopic (exact) mass is 267 g/mol. The Labute approximate surface area is 118 Å². The Morgan fingerprint density at radius 2 is 1.80 bits per heavy atom. The minimum Gasteiger partial charge on any atom is -0.392 e. The second-order valence-electron chi connectivity index (χ2n) is 5.15. The van der Waals surface area contributed by atoms with Gasteiger partial charge in [-0.3, -0.25) is 4.79 Å². The highest BCUT2D eigenvalue weighted by Crippen LogP contribution is 2.23. The molecule has 0 fully saturated rings. The van der Waals surface area contributed by atoms with Gasteiger partial charge in [0.05, 0.1) is 6.61 Å². The quantitative estimate of drug-likeness (QED) is 0.898. The van der Waals surface area contributed by atoms with Gasteiger partial charge in [-0.2, -0.15) is 0 Å². The van der Waals surface area contributed by atoms with E-state index in [2.05, 4.69) is 11.4 Å². The van der Waals surface area contributed by atoms with Crippen molar-refractivity contribution in [3.63, 3.8) is 0 Å². The molecule has 0 radical (unpaired) electrons. The van der Waals surface area contributed by atoms with Gasteiger partial charge < -0.3 is 10.4 Å². The second kappa shape index (κ2) is 5.47. The first kappa shape index (κ1) is 12.9. The van der Waals surface area contributed by atoms with Gasteiger partial charge in [0.15, 0.2) is 0 Å². The molecule has 1 aliphatic carbocycles. The standard InChI is InChI=1S/C17H17NO2/c19-11-12-4-8-16(9-5-12)18-17(20)15-7-6-13-2-1-3-14(13)10-15/h4-10,19H,1-3,11H2,(H,18,20). The highest BCUT2D eigenvalue weighted by Gasteiger charge is 2.13. The lowest BCUT2D eigenvalue weighted by Gasteiger charge is -2.07. The van der Waals surface area contributed by atoms with E-state index in [1.807, 2.05) is 12.1 Å². The Morgan fingerprint density at radius 1 is 1.05 bits per heavy atom. The van der Waals surface area contributed by atoms with Gasteiger partial charge in [-0.15, -0.1) is 0 Å². The Balaban J connectivity index is 1.75. The largest absolute Gasteiger partial charge is 0.392 e. The molecule has 0 aromatic heterocycles. The van der Waals surface area contributed by atoms with Gasteiger partial charge in [0.25, 0.3) is 5.91 Å². The Hall–Kier alpha value is -2.13. The second-order valence-corrected chi connectivity index (χ2v) is 5.15. The normalized spacial score (nSPS) is 13.1. The zero-order valence-corrected chi connectivity index (χ0v) is 11.2. The van der Waals surface area contributed by atoms with Crippen LogP contribution in [0, 0.1) is 0 Å². The number of carbonyl (C=O) groups is 1. The summed E-state index contributed by atoms with van der Waals surface area (Å²) < 4.78 is 0. The van der Waals surface area contributed by atoms with Crippen molar-refractivity contribution in [2.45, 2.75) is 25.9 Å². The summed E-state index contributed by atoms with van der Waals surface area (Å²) in [6, 6.07) is 13.2. The summed E-state index contributed by atoms with van der Waals surface area (Å²) in [5.41, 5.74) is 4.95.